The smallest absolute Gasteiger partial charge is 0.307 e. The van der Waals surface area contributed by atoms with Crippen LogP contribution in [-0.4, -0.2) is 55.3 Å². The zero-order valence-electron chi connectivity index (χ0n) is 18.0. The Morgan fingerprint density at radius 2 is 1.48 bits per heavy atom. The highest BCUT2D eigenvalue weighted by atomic mass is 16.5. The lowest BCUT2D eigenvalue weighted by Crippen LogP contribution is -2.43. The molecule has 0 radical (unpaired) electrons. The summed E-state index contributed by atoms with van der Waals surface area (Å²) < 4.78 is 5.96. The number of hydrogen-bond donors (Lipinski definition) is 1. The molecule has 5 nitrogen and oxygen atoms in total. The molecule has 0 saturated heterocycles. The van der Waals surface area contributed by atoms with E-state index in [1.807, 2.05) is 21.1 Å². The number of carboxylic acid groups (broad SMARTS) is 1. The van der Waals surface area contributed by atoms with Crippen molar-refractivity contribution < 1.29 is 23.9 Å². The number of hydrogen-bond acceptors (Lipinski definition) is 3. The quantitative estimate of drug-likeness (QED) is 0.167. The Morgan fingerprint density at radius 1 is 0.926 bits per heavy atom. The molecule has 0 aromatic carbocycles. The molecule has 27 heavy (non-hydrogen) atoms. The number of esters is 1. The lowest BCUT2D eigenvalue weighted by Gasteiger charge is -2.28. The number of quaternary nitrogens is 1. The summed E-state index contributed by atoms with van der Waals surface area (Å²) in [6.45, 7) is 2.73. The van der Waals surface area contributed by atoms with Crippen LogP contribution < -0.4 is 0 Å². The van der Waals surface area contributed by atoms with Crippen LogP contribution in [-0.2, 0) is 14.3 Å². The van der Waals surface area contributed by atoms with Gasteiger partial charge in [-0.15, -0.1) is 0 Å². The minimum absolute atomic E-state index is 0.132. The molecule has 0 amide bonds. The average molecular weight is 385 g/mol. The highest BCUT2D eigenvalue weighted by Gasteiger charge is 2.24. The maximum absolute atomic E-state index is 12.0. The Morgan fingerprint density at radius 3 is 2.04 bits per heavy atom. The molecule has 5 heteroatoms. The van der Waals surface area contributed by atoms with E-state index < -0.39 is 12.1 Å². The summed E-state index contributed by atoms with van der Waals surface area (Å²) in [5.41, 5.74) is 0. The van der Waals surface area contributed by atoms with E-state index in [0.29, 0.717) is 17.4 Å². The molecular formula is C22H42NO4+. The van der Waals surface area contributed by atoms with Crippen LogP contribution in [0, 0.1) is 0 Å². The van der Waals surface area contributed by atoms with E-state index in [0.717, 1.165) is 25.7 Å². The van der Waals surface area contributed by atoms with Crippen LogP contribution in [0.4, 0.5) is 0 Å². The maximum Gasteiger partial charge on any atom is 0.307 e. The molecule has 0 aliphatic carbocycles. The Hall–Kier alpha value is -1.36. The third kappa shape index (κ3) is 19.2. The van der Waals surface area contributed by atoms with Crippen LogP contribution in [0.5, 0.6) is 0 Å². The van der Waals surface area contributed by atoms with Gasteiger partial charge < -0.3 is 14.3 Å². The van der Waals surface area contributed by atoms with E-state index in [4.69, 9.17) is 9.84 Å². The van der Waals surface area contributed by atoms with E-state index in [9.17, 15) is 9.59 Å². The summed E-state index contributed by atoms with van der Waals surface area (Å²) in [5, 5.41) is 8.98. The van der Waals surface area contributed by atoms with Gasteiger partial charge in [-0.2, -0.15) is 0 Å². The predicted molar refractivity (Wildman–Crippen MR) is 111 cm³/mol. The first-order chi connectivity index (χ1) is 12.7. The molecule has 0 saturated carbocycles. The molecule has 0 aliphatic rings. The third-order valence-corrected chi connectivity index (χ3v) is 4.34. The fraction of sp³-hybridized carbons (Fsp3) is 0.818. The van der Waals surface area contributed by atoms with Gasteiger partial charge in [-0.25, -0.2) is 0 Å². The van der Waals surface area contributed by atoms with Gasteiger partial charge in [0.2, 0.25) is 0 Å². The molecule has 0 bridgehead atoms. The van der Waals surface area contributed by atoms with Crippen LogP contribution in [0.1, 0.15) is 84.0 Å². The van der Waals surface area contributed by atoms with Crippen LogP contribution in [0.25, 0.3) is 0 Å². The van der Waals surface area contributed by atoms with Gasteiger partial charge in [-0.1, -0.05) is 51.2 Å². The zero-order valence-corrected chi connectivity index (χ0v) is 18.0. The van der Waals surface area contributed by atoms with Crippen molar-refractivity contribution in [3.63, 3.8) is 0 Å². The number of unbranched alkanes of at least 4 members (excludes halogenated alkanes) is 8. The van der Waals surface area contributed by atoms with E-state index in [2.05, 4.69) is 19.1 Å². The molecule has 0 heterocycles. The van der Waals surface area contributed by atoms with Crippen molar-refractivity contribution in [2.24, 2.45) is 0 Å². The molecule has 0 aliphatic heterocycles. The van der Waals surface area contributed by atoms with Gasteiger partial charge in [-0.3, -0.25) is 9.59 Å². The summed E-state index contributed by atoms with van der Waals surface area (Å²) in [7, 11) is 5.88. The Labute approximate surface area is 166 Å². The molecular weight excluding hydrogens is 342 g/mol. The Balaban J connectivity index is 3.75. The number of ether oxygens (including phenoxy) is 1. The van der Waals surface area contributed by atoms with Crippen LogP contribution in [0.2, 0.25) is 0 Å². The maximum atomic E-state index is 12.0. The number of carboxylic acids is 1. The minimum Gasteiger partial charge on any atom is -0.481 e. The van der Waals surface area contributed by atoms with Gasteiger partial charge in [0.15, 0.2) is 6.10 Å². The highest BCUT2D eigenvalue weighted by molar-refractivity contribution is 5.71. The Kier molecular flexibility index (Phi) is 14.9. The zero-order chi connectivity index (χ0) is 20.5. The molecule has 1 unspecified atom stereocenters. The van der Waals surface area contributed by atoms with Crippen LogP contribution in [0.3, 0.4) is 0 Å². The summed E-state index contributed by atoms with van der Waals surface area (Å²) in [6, 6.07) is 0. The summed E-state index contributed by atoms with van der Waals surface area (Å²) >= 11 is 0. The van der Waals surface area contributed by atoms with Crippen molar-refractivity contribution in [2.75, 3.05) is 27.7 Å². The van der Waals surface area contributed by atoms with Gasteiger partial charge in [0.25, 0.3) is 0 Å². The van der Waals surface area contributed by atoms with Gasteiger partial charge in [0.1, 0.15) is 6.54 Å². The van der Waals surface area contributed by atoms with Crippen molar-refractivity contribution in [1.82, 2.24) is 0 Å². The van der Waals surface area contributed by atoms with Gasteiger partial charge >= 0.3 is 11.9 Å². The summed E-state index contributed by atoms with van der Waals surface area (Å²) in [5.74, 6) is -1.20. The van der Waals surface area contributed by atoms with Crippen molar-refractivity contribution in [1.29, 1.82) is 0 Å². The highest BCUT2D eigenvalue weighted by Crippen LogP contribution is 2.11. The standard InChI is InChI=1S/C22H41NO4/c1-5-6-7-8-9-10-11-12-13-14-15-16-17-22(26)27-20(18-21(24)25)19-23(2,3)4/h9-10,20H,5-8,11-19H2,1-4H3/p+1/b10-9+. The molecule has 0 aromatic rings. The molecule has 0 spiro atoms. The lowest BCUT2D eigenvalue weighted by molar-refractivity contribution is -0.873. The topological polar surface area (TPSA) is 63.6 Å². The molecule has 0 fully saturated rings. The number of allylic oxidation sites excluding steroid dienone is 2. The number of carbonyl (C=O) groups excluding carboxylic acids is 1. The fourth-order valence-electron chi connectivity index (χ4n) is 3.00. The first-order valence-corrected chi connectivity index (χ1v) is 10.6. The second kappa shape index (κ2) is 15.7. The molecule has 0 aromatic heterocycles. The number of nitrogens with zero attached hydrogens (tertiary/aromatic N) is 1. The summed E-state index contributed by atoms with van der Waals surface area (Å²) in [6.07, 6.45) is 15.9. The predicted octanol–water partition coefficient (Wildman–Crippen LogP) is 4.95. The van der Waals surface area contributed by atoms with Gasteiger partial charge in [0.05, 0.1) is 27.6 Å². The molecule has 158 valence electrons. The van der Waals surface area contributed by atoms with Crippen LogP contribution >= 0.6 is 0 Å². The first kappa shape index (κ1) is 25.6. The number of likely N-dealkylation sites (N-methyl/N-ethyl adjacent to an activating group) is 1. The van der Waals surface area contributed by atoms with Crippen molar-refractivity contribution in [3.8, 4) is 0 Å². The van der Waals surface area contributed by atoms with Crippen LogP contribution in [0.15, 0.2) is 12.2 Å². The SMILES string of the molecule is CCCCC/C=C/CCCCCCCC(=O)OC(CC(=O)O)C[N+](C)(C)C. The minimum atomic E-state index is -0.930. The number of carbonyl (C=O) groups is 2. The molecule has 1 N–H and O–H groups in total. The average Bonchev–Trinajstić information content (AvgIpc) is 2.53. The number of aliphatic carboxylic acids is 1. The second-order valence-corrected chi connectivity index (χ2v) is 8.46. The number of rotatable bonds is 17. The first-order valence-electron chi connectivity index (χ1n) is 10.6. The van der Waals surface area contributed by atoms with E-state index in [1.165, 1.54) is 38.5 Å². The normalized spacial score (nSPS) is 13.0. The van der Waals surface area contributed by atoms with Crippen molar-refractivity contribution in [3.05, 3.63) is 12.2 Å². The molecule has 0 rings (SSSR count). The van der Waals surface area contributed by atoms with Gasteiger partial charge in [0, 0.05) is 6.42 Å². The van der Waals surface area contributed by atoms with Crippen molar-refractivity contribution in [2.45, 2.75) is 90.1 Å². The second-order valence-electron chi connectivity index (χ2n) is 8.46. The van der Waals surface area contributed by atoms with E-state index >= 15 is 0 Å². The third-order valence-electron chi connectivity index (χ3n) is 4.34. The van der Waals surface area contributed by atoms with E-state index in [1.54, 1.807) is 0 Å². The fourth-order valence-corrected chi connectivity index (χ4v) is 3.00. The lowest BCUT2D eigenvalue weighted by atomic mass is 10.1. The monoisotopic (exact) mass is 384 g/mol. The Bertz CT molecular complexity index is 427. The molecule has 1 atom stereocenters. The van der Waals surface area contributed by atoms with Gasteiger partial charge in [-0.05, 0) is 32.1 Å². The van der Waals surface area contributed by atoms with E-state index in [-0.39, 0.29) is 12.4 Å². The van der Waals surface area contributed by atoms with Crippen molar-refractivity contribution >= 4 is 11.9 Å². The largest absolute Gasteiger partial charge is 0.481 e. The summed E-state index contributed by atoms with van der Waals surface area (Å²) in [4.78, 5) is 22.9.